The average molecular weight is 274 g/mol. The lowest BCUT2D eigenvalue weighted by molar-refractivity contribution is 0.00578. The Kier molecular flexibility index (Phi) is 4.05. The first-order valence-corrected chi connectivity index (χ1v) is 6.95. The van der Waals surface area contributed by atoms with Gasteiger partial charge in [0, 0.05) is 12.2 Å². The van der Waals surface area contributed by atoms with Crippen LogP contribution in [-0.2, 0) is 15.9 Å². The van der Waals surface area contributed by atoms with E-state index in [4.69, 9.17) is 15.0 Å². The van der Waals surface area contributed by atoms with Crippen LogP contribution in [0.3, 0.4) is 0 Å². The molecule has 0 radical (unpaired) electrons. The number of nitrogens with two attached hydrogens (primary N) is 1. The summed E-state index contributed by atoms with van der Waals surface area (Å²) < 4.78 is 11.8. The average Bonchev–Trinajstić information content (AvgIpc) is 2.55. The molecular formula is C15H23BN2O2. The Morgan fingerprint density at radius 3 is 2.35 bits per heavy atom. The largest absolute Gasteiger partial charge is 0.487 e. The lowest BCUT2D eigenvalue weighted by Crippen LogP contribution is -2.41. The Bertz CT molecular complexity index is 511. The SMILES string of the molecule is Cc1ccc(CN)c(/C=C/B2OC(C)(C)C(C)(C)O2)n1. The van der Waals surface area contributed by atoms with Gasteiger partial charge in [0.05, 0.1) is 16.9 Å². The van der Waals surface area contributed by atoms with Crippen molar-refractivity contribution in [1.82, 2.24) is 4.98 Å². The van der Waals surface area contributed by atoms with Crippen LogP contribution in [0.15, 0.2) is 18.1 Å². The number of aromatic nitrogens is 1. The molecule has 2 N–H and O–H groups in total. The van der Waals surface area contributed by atoms with Crippen molar-refractivity contribution in [2.45, 2.75) is 52.4 Å². The monoisotopic (exact) mass is 274 g/mol. The molecule has 0 saturated carbocycles. The second kappa shape index (κ2) is 5.32. The first-order chi connectivity index (χ1) is 9.25. The van der Waals surface area contributed by atoms with Gasteiger partial charge in [-0.3, -0.25) is 4.98 Å². The van der Waals surface area contributed by atoms with Gasteiger partial charge in [0.25, 0.3) is 0 Å². The van der Waals surface area contributed by atoms with Crippen LogP contribution in [0, 0.1) is 6.92 Å². The van der Waals surface area contributed by atoms with E-state index in [2.05, 4.69) is 4.98 Å². The molecule has 4 nitrogen and oxygen atoms in total. The Hall–Kier alpha value is -1.17. The van der Waals surface area contributed by atoms with Crippen LogP contribution in [0.25, 0.3) is 6.08 Å². The zero-order valence-corrected chi connectivity index (χ0v) is 12.9. The molecule has 108 valence electrons. The fraction of sp³-hybridized carbons (Fsp3) is 0.533. The van der Waals surface area contributed by atoms with Gasteiger partial charge < -0.3 is 15.0 Å². The van der Waals surface area contributed by atoms with Crippen molar-refractivity contribution in [2.24, 2.45) is 5.73 Å². The van der Waals surface area contributed by atoms with Crippen molar-refractivity contribution >= 4 is 13.2 Å². The number of hydrogen-bond acceptors (Lipinski definition) is 4. The molecule has 20 heavy (non-hydrogen) atoms. The van der Waals surface area contributed by atoms with Gasteiger partial charge in [-0.1, -0.05) is 12.0 Å². The molecule has 1 aliphatic heterocycles. The van der Waals surface area contributed by atoms with Crippen LogP contribution >= 0.6 is 0 Å². The minimum Gasteiger partial charge on any atom is -0.400 e. The van der Waals surface area contributed by atoms with Crippen LogP contribution in [0.5, 0.6) is 0 Å². The predicted octanol–water partition coefficient (Wildman–Crippen LogP) is 2.49. The number of hydrogen-bond donors (Lipinski definition) is 1. The van der Waals surface area contributed by atoms with Crippen LogP contribution in [0.2, 0.25) is 0 Å². The molecule has 1 saturated heterocycles. The molecule has 1 aromatic rings. The topological polar surface area (TPSA) is 57.4 Å². The van der Waals surface area contributed by atoms with Gasteiger partial charge in [-0.25, -0.2) is 0 Å². The normalized spacial score (nSPS) is 20.8. The number of nitrogens with zero attached hydrogens (tertiary/aromatic N) is 1. The molecular weight excluding hydrogens is 251 g/mol. The summed E-state index contributed by atoms with van der Waals surface area (Å²) in [4.78, 5) is 4.50. The summed E-state index contributed by atoms with van der Waals surface area (Å²) in [5.41, 5.74) is 7.96. The lowest BCUT2D eigenvalue weighted by Gasteiger charge is -2.32. The second-order valence-electron chi connectivity index (χ2n) is 6.18. The quantitative estimate of drug-likeness (QED) is 0.860. The van der Waals surface area contributed by atoms with Crippen molar-refractivity contribution in [3.05, 3.63) is 35.1 Å². The summed E-state index contributed by atoms with van der Waals surface area (Å²) in [6.07, 6.45) is 1.93. The molecule has 0 spiro atoms. The minimum absolute atomic E-state index is 0.321. The van der Waals surface area contributed by atoms with E-state index >= 15 is 0 Å². The van der Waals surface area contributed by atoms with Gasteiger partial charge in [0.15, 0.2) is 0 Å². The molecule has 0 atom stereocenters. The molecule has 1 aromatic heterocycles. The molecule has 1 fully saturated rings. The highest BCUT2D eigenvalue weighted by Crippen LogP contribution is 2.37. The van der Waals surface area contributed by atoms with Gasteiger partial charge in [-0.15, -0.1) is 0 Å². The van der Waals surface area contributed by atoms with E-state index in [1.54, 1.807) is 0 Å². The van der Waals surface area contributed by atoms with Gasteiger partial charge in [-0.2, -0.15) is 0 Å². The fourth-order valence-electron chi connectivity index (χ4n) is 2.06. The summed E-state index contributed by atoms with van der Waals surface area (Å²) in [5.74, 6) is 1.90. The third-order valence-electron chi connectivity index (χ3n) is 4.05. The molecule has 2 heterocycles. The maximum atomic E-state index is 5.92. The maximum absolute atomic E-state index is 5.92. The molecule has 2 rings (SSSR count). The molecule has 1 aliphatic rings. The smallest absolute Gasteiger partial charge is 0.400 e. The van der Waals surface area contributed by atoms with Crippen molar-refractivity contribution in [3.63, 3.8) is 0 Å². The maximum Gasteiger partial charge on any atom is 0.487 e. The highest BCUT2D eigenvalue weighted by atomic mass is 16.7. The Morgan fingerprint density at radius 1 is 1.20 bits per heavy atom. The van der Waals surface area contributed by atoms with E-state index in [9.17, 15) is 0 Å². The molecule has 5 heteroatoms. The van der Waals surface area contributed by atoms with E-state index in [0.29, 0.717) is 6.54 Å². The zero-order valence-electron chi connectivity index (χ0n) is 12.9. The Balaban J connectivity index is 2.17. The lowest BCUT2D eigenvalue weighted by atomic mass is 9.89. The van der Waals surface area contributed by atoms with Crippen LogP contribution < -0.4 is 5.73 Å². The highest BCUT2D eigenvalue weighted by molar-refractivity contribution is 6.52. The molecule has 0 bridgehead atoms. The first-order valence-electron chi connectivity index (χ1n) is 6.95. The predicted molar refractivity (Wildman–Crippen MR) is 82.0 cm³/mol. The Labute approximate surface area is 121 Å². The summed E-state index contributed by atoms with van der Waals surface area (Å²) >= 11 is 0. The van der Waals surface area contributed by atoms with Crippen molar-refractivity contribution in [2.75, 3.05) is 0 Å². The molecule has 0 amide bonds. The number of aryl methyl sites for hydroxylation is 1. The van der Waals surface area contributed by atoms with Crippen molar-refractivity contribution < 1.29 is 9.31 Å². The summed E-state index contributed by atoms with van der Waals surface area (Å²) in [6.45, 7) is 10.6. The van der Waals surface area contributed by atoms with Gasteiger partial charge in [0.2, 0.25) is 0 Å². The van der Waals surface area contributed by atoms with Gasteiger partial charge in [0.1, 0.15) is 0 Å². The number of pyridine rings is 1. The van der Waals surface area contributed by atoms with E-state index in [1.165, 1.54) is 0 Å². The molecule has 0 aliphatic carbocycles. The standard InChI is InChI=1S/C15H23BN2O2/c1-11-6-7-12(10-17)13(18-11)8-9-16-19-14(2,3)15(4,5)20-16/h6-9H,10,17H2,1-5H3/b9-8+. The molecule has 0 aromatic carbocycles. The van der Waals surface area contributed by atoms with Crippen LogP contribution in [0.4, 0.5) is 0 Å². The Morgan fingerprint density at radius 2 is 1.80 bits per heavy atom. The summed E-state index contributed by atoms with van der Waals surface area (Å²) in [6, 6.07) is 3.97. The van der Waals surface area contributed by atoms with E-state index in [0.717, 1.165) is 17.0 Å². The zero-order chi connectivity index (χ0) is 15.0. The van der Waals surface area contributed by atoms with E-state index in [-0.39, 0.29) is 18.3 Å². The summed E-state index contributed by atoms with van der Waals surface area (Å²) in [5, 5.41) is 0. The highest BCUT2D eigenvalue weighted by Gasteiger charge is 2.50. The first kappa shape index (κ1) is 15.2. The van der Waals surface area contributed by atoms with Gasteiger partial charge in [-0.05, 0) is 52.3 Å². The fourth-order valence-corrected chi connectivity index (χ4v) is 2.06. The minimum atomic E-state index is -0.354. The van der Waals surface area contributed by atoms with Crippen molar-refractivity contribution in [3.8, 4) is 0 Å². The molecule has 0 unspecified atom stereocenters. The van der Waals surface area contributed by atoms with E-state index in [1.807, 2.05) is 58.8 Å². The third kappa shape index (κ3) is 2.95. The second-order valence-corrected chi connectivity index (χ2v) is 6.18. The van der Waals surface area contributed by atoms with Gasteiger partial charge >= 0.3 is 7.12 Å². The van der Waals surface area contributed by atoms with Crippen molar-refractivity contribution in [1.29, 1.82) is 0 Å². The number of rotatable bonds is 3. The third-order valence-corrected chi connectivity index (χ3v) is 4.05. The summed E-state index contributed by atoms with van der Waals surface area (Å²) in [7, 11) is -0.354. The van der Waals surface area contributed by atoms with Crippen LogP contribution in [0.1, 0.15) is 44.6 Å². The van der Waals surface area contributed by atoms with E-state index < -0.39 is 0 Å². The van der Waals surface area contributed by atoms with Crippen LogP contribution in [-0.4, -0.2) is 23.3 Å².